The van der Waals surface area contributed by atoms with E-state index in [0.29, 0.717) is 5.82 Å². The van der Waals surface area contributed by atoms with Gasteiger partial charge in [0.25, 0.3) is 0 Å². The van der Waals surface area contributed by atoms with Crippen molar-refractivity contribution in [3.05, 3.63) is 206 Å². The van der Waals surface area contributed by atoms with Gasteiger partial charge in [-0.3, -0.25) is 4.57 Å². The van der Waals surface area contributed by atoms with Gasteiger partial charge in [0.1, 0.15) is 17.3 Å². The molecule has 0 unspecified atom stereocenters. The lowest BCUT2D eigenvalue weighted by Gasteiger charge is -2.23. The minimum absolute atomic E-state index is 0.690. The molecule has 1 aliphatic rings. The van der Waals surface area contributed by atoms with Gasteiger partial charge >= 0.3 is 0 Å². The predicted octanol–water partition coefficient (Wildman–Crippen LogP) is 14.6. The van der Waals surface area contributed by atoms with E-state index in [1.807, 2.05) is 24.3 Å². The van der Waals surface area contributed by atoms with E-state index in [1.54, 1.807) is 0 Å². The van der Waals surface area contributed by atoms with Crippen LogP contribution < -0.4 is 4.74 Å². The van der Waals surface area contributed by atoms with Gasteiger partial charge in [0.2, 0.25) is 0 Å². The average Bonchev–Trinajstić information content (AvgIpc) is 3.85. The van der Waals surface area contributed by atoms with Crippen molar-refractivity contribution in [2.75, 3.05) is 0 Å². The highest BCUT2D eigenvalue weighted by atomic mass is 16.5. The van der Waals surface area contributed by atoms with E-state index in [0.717, 1.165) is 83.8 Å². The monoisotopic (exact) mass is 778 g/mol. The van der Waals surface area contributed by atoms with Crippen molar-refractivity contribution < 1.29 is 4.74 Å². The van der Waals surface area contributed by atoms with Crippen LogP contribution in [0, 0.1) is 0 Å². The van der Waals surface area contributed by atoms with Gasteiger partial charge in [0.05, 0.1) is 27.8 Å². The second-order valence-corrected chi connectivity index (χ2v) is 15.7. The Labute approximate surface area is 351 Å². The van der Waals surface area contributed by atoms with E-state index in [1.165, 1.54) is 32.6 Å². The number of hydrogen-bond donors (Lipinski definition) is 0. The van der Waals surface area contributed by atoms with E-state index in [-0.39, 0.29) is 0 Å². The highest BCUT2D eigenvalue weighted by Gasteiger charge is 2.25. The summed E-state index contributed by atoms with van der Waals surface area (Å²) in [5.41, 5.74) is 13.0. The fourth-order valence-corrected chi connectivity index (χ4v) is 9.61. The number of para-hydroxylation sites is 3. The zero-order valence-electron chi connectivity index (χ0n) is 32.8. The molecule has 0 aliphatic carbocycles. The summed E-state index contributed by atoms with van der Waals surface area (Å²) in [6, 6.07) is 72.9. The summed E-state index contributed by atoms with van der Waals surface area (Å²) in [4.78, 5) is 10.3. The van der Waals surface area contributed by atoms with Gasteiger partial charge < -0.3 is 9.30 Å². The van der Waals surface area contributed by atoms with Gasteiger partial charge in [0.15, 0.2) is 5.82 Å². The van der Waals surface area contributed by atoms with Crippen LogP contribution in [0.4, 0.5) is 0 Å². The van der Waals surface area contributed by atoms with Crippen LogP contribution in [0.3, 0.4) is 0 Å². The molecular formula is C56H34N4O. The molecule has 13 rings (SSSR count). The van der Waals surface area contributed by atoms with Gasteiger partial charge in [0, 0.05) is 61.4 Å². The lowest BCUT2D eigenvalue weighted by Crippen LogP contribution is -2.02. The molecule has 12 aromatic rings. The number of rotatable bonds is 5. The average molecular weight is 779 g/mol. The Morgan fingerprint density at radius 3 is 1.79 bits per heavy atom. The van der Waals surface area contributed by atoms with Crippen LogP contribution >= 0.6 is 0 Å². The zero-order valence-corrected chi connectivity index (χ0v) is 32.8. The molecule has 61 heavy (non-hydrogen) atoms. The van der Waals surface area contributed by atoms with Crippen LogP contribution in [-0.2, 0) is 0 Å². The van der Waals surface area contributed by atoms with Crippen LogP contribution in [0.5, 0.6) is 11.5 Å². The molecule has 1 aliphatic heterocycles. The van der Waals surface area contributed by atoms with Crippen molar-refractivity contribution in [2.24, 2.45) is 0 Å². The molecule has 0 saturated heterocycles. The first kappa shape index (κ1) is 33.7. The minimum atomic E-state index is 0.690. The fourth-order valence-electron chi connectivity index (χ4n) is 9.61. The highest BCUT2D eigenvalue weighted by molar-refractivity contribution is 6.25. The third kappa shape index (κ3) is 5.14. The van der Waals surface area contributed by atoms with Crippen molar-refractivity contribution in [1.29, 1.82) is 0 Å². The molecule has 5 heteroatoms. The van der Waals surface area contributed by atoms with E-state index in [9.17, 15) is 0 Å². The highest BCUT2D eigenvalue weighted by Crippen LogP contribution is 2.51. The topological polar surface area (TPSA) is 44.9 Å². The summed E-state index contributed by atoms with van der Waals surface area (Å²) in [6.45, 7) is 0. The van der Waals surface area contributed by atoms with Crippen molar-refractivity contribution in [3.63, 3.8) is 0 Å². The number of fused-ring (bicyclic) bond motifs is 9. The lowest BCUT2D eigenvalue weighted by atomic mass is 9.90. The Balaban J connectivity index is 0.975. The molecule has 5 nitrogen and oxygen atoms in total. The van der Waals surface area contributed by atoms with Crippen LogP contribution in [0.1, 0.15) is 0 Å². The van der Waals surface area contributed by atoms with E-state index in [4.69, 9.17) is 14.7 Å². The maximum Gasteiger partial charge on any atom is 0.162 e. The van der Waals surface area contributed by atoms with Crippen molar-refractivity contribution in [3.8, 4) is 67.9 Å². The zero-order chi connectivity index (χ0) is 40.0. The van der Waals surface area contributed by atoms with Gasteiger partial charge in [-0.25, -0.2) is 9.97 Å². The number of aromatic nitrogens is 4. The molecule has 0 N–H and O–H groups in total. The smallest absolute Gasteiger partial charge is 0.162 e. The molecule has 0 bridgehead atoms. The molecular weight excluding hydrogens is 745 g/mol. The largest absolute Gasteiger partial charge is 0.456 e. The molecule has 0 radical (unpaired) electrons. The number of benzene rings is 9. The molecule has 3 aromatic heterocycles. The molecule has 0 amide bonds. The second-order valence-electron chi connectivity index (χ2n) is 15.7. The Bertz CT molecular complexity index is 3660. The summed E-state index contributed by atoms with van der Waals surface area (Å²) in [5, 5.41) is 7.12. The van der Waals surface area contributed by atoms with Gasteiger partial charge in [-0.15, -0.1) is 0 Å². The third-order valence-corrected chi connectivity index (χ3v) is 12.3. The standard InChI is InChI=1S/C56H34N4O/c1-4-15-35(16-5-1)46-33-53(58-56(57-46)36-17-6-2-7-18-36)60-47-25-12-10-21-40(47)44-31-37(27-29-49(44)60)38-28-30-51-45(32-38)41-23-14-24-43-54-42-22-11-13-26-48(42)59(39-19-8-3-9-20-39)50(54)34-52(61-51)55(41)43/h1-34H. The van der Waals surface area contributed by atoms with E-state index in [2.05, 4.69) is 191 Å². The summed E-state index contributed by atoms with van der Waals surface area (Å²) < 4.78 is 11.5. The molecule has 284 valence electrons. The summed E-state index contributed by atoms with van der Waals surface area (Å²) in [6.07, 6.45) is 0. The van der Waals surface area contributed by atoms with Gasteiger partial charge in [-0.1, -0.05) is 146 Å². The number of nitrogens with zero attached hydrogens (tertiary/aromatic N) is 4. The SMILES string of the molecule is c1ccc(-c2cc(-n3c4ccccc4c4cc(-c5ccc6c(c5)-c5cccc7c5c(cc5c7c7ccccc7n5-c5ccccc5)O6)ccc43)nc(-c3ccccc3)n2)cc1. The molecule has 0 fully saturated rings. The molecule has 0 saturated carbocycles. The first-order valence-electron chi connectivity index (χ1n) is 20.7. The third-order valence-electron chi connectivity index (χ3n) is 12.3. The number of ether oxygens (including phenoxy) is 1. The van der Waals surface area contributed by atoms with E-state index >= 15 is 0 Å². The second kappa shape index (κ2) is 13.1. The van der Waals surface area contributed by atoms with Gasteiger partial charge in [-0.2, -0.15) is 0 Å². The first-order chi connectivity index (χ1) is 30.2. The minimum Gasteiger partial charge on any atom is -0.456 e. The van der Waals surface area contributed by atoms with Crippen LogP contribution in [0.2, 0.25) is 0 Å². The van der Waals surface area contributed by atoms with Crippen molar-refractivity contribution >= 4 is 54.4 Å². The first-order valence-corrected chi connectivity index (χ1v) is 20.7. The summed E-state index contributed by atoms with van der Waals surface area (Å²) in [5.74, 6) is 3.25. The van der Waals surface area contributed by atoms with E-state index < -0.39 is 0 Å². The van der Waals surface area contributed by atoms with Crippen LogP contribution in [-0.4, -0.2) is 19.1 Å². The summed E-state index contributed by atoms with van der Waals surface area (Å²) >= 11 is 0. The van der Waals surface area contributed by atoms with Crippen LogP contribution in [0.25, 0.3) is 111 Å². The van der Waals surface area contributed by atoms with Crippen molar-refractivity contribution in [1.82, 2.24) is 19.1 Å². The fraction of sp³-hybridized carbons (Fsp3) is 0. The molecule has 0 spiro atoms. The van der Waals surface area contributed by atoms with Crippen molar-refractivity contribution in [2.45, 2.75) is 0 Å². The summed E-state index contributed by atoms with van der Waals surface area (Å²) in [7, 11) is 0. The maximum absolute atomic E-state index is 6.87. The molecule has 4 heterocycles. The predicted molar refractivity (Wildman–Crippen MR) is 250 cm³/mol. The Morgan fingerprint density at radius 2 is 0.984 bits per heavy atom. The Hall–Kier alpha value is -8.28. The Morgan fingerprint density at radius 1 is 0.344 bits per heavy atom. The Kier molecular flexibility index (Phi) is 7.24. The molecule has 0 atom stereocenters. The number of hydrogen-bond acceptors (Lipinski definition) is 3. The molecule has 9 aromatic carbocycles. The van der Waals surface area contributed by atoms with Gasteiger partial charge in [-0.05, 0) is 70.6 Å². The quantitative estimate of drug-likeness (QED) is 0.175. The maximum atomic E-state index is 6.87. The van der Waals surface area contributed by atoms with Crippen LogP contribution in [0.15, 0.2) is 206 Å². The lowest BCUT2D eigenvalue weighted by molar-refractivity contribution is 0.487. The normalized spacial score (nSPS) is 12.1.